The lowest BCUT2D eigenvalue weighted by Crippen LogP contribution is -2.33. The van der Waals surface area contributed by atoms with Gasteiger partial charge < -0.3 is 14.8 Å². The van der Waals surface area contributed by atoms with Gasteiger partial charge >= 0.3 is 0 Å². The van der Waals surface area contributed by atoms with Gasteiger partial charge in [-0.2, -0.15) is 0 Å². The highest BCUT2D eigenvalue weighted by atomic mass is 16.5. The Morgan fingerprint density at radius 3 is 2.00 bits per heavy atom. The van der Waals surface area contributed by atoms with Gasteiger partial charge in [0.15, 0.2) is 11.5 Å². The van der Waals surface area contributed by atoms with Crippen LogP contribution in [-0.4, -0.2) is 21.3 Å². The van der Waals surface area contributed by atoms with Crippen molar-refractivity contribution in [3.63, 3.8) is 0 Å². The SMILES string of the molecule is CNC(C)(C)c1cc(OC)c(OC)cc1C. The van der Waals surface area contributed by atoms with E-state index in [1.807, 2.05) is 19.2 Å². The van der Waals surface area contributed by atoms with Crippen LogP contribution in [0.25, 0.3) is 0 Å². The molecule has 1 aromatic rings. The van der Waals surface area contributed by atoms with Crippen LogP contribution in [0.5, 0.6) is 11.5 Å². The van der Waals surface area contributed by atoms with E-state index in [2.05, 4.69) is 26.1 Å². The third-order valence-corrected chi connectivity index (χ3v) is 3.03. The minimum absolute atomic E-state index is 0.0797. The molecule has 0 atom stereocenters. The number of methoxy groups -OCH3 is 2. The summed E-state index contributed by atoms with van der Waals surface area (Å²) in [7, 11) is 5.26. The Balaban J connectivity index is 3.32. The van der Waals surface area contributed by atoms with Crippen molar-refractivity contribution in [2.24, 2.45) is 0 Å². The van der Waals surface area contributed by atoms with Crippen LogP contribution < -0.4 is 14.8 Å². The summed E-state index contributed by atoms with van der Waals surface area (Å²) < 4.78 is 10.6. The molecular formula is C13H21NO2. The van der Waals surface area contributed by atoms with E-state index >= 15 is 0 Å². The molecule has 16 heavy (non-hydrogen) atoms. The first-order chi connectivity index (χ1) is 7.46. The van der Waals surface area contributed by atoms with Crippen LogP contribution in [-0.2, 0) is 5.54 Å². The van der Waals surface area contributed by atoms with Gasteiger partial charge in [0, 0.05) is 5.54 Å². The maximum Gasteiger partial charge on any atom is 0.161 e. The van der Waals surface area contributed by atoms with E-state index in [0.29, 0.717) is 0 Å². The maximum atomic E-state index is 5.32. The van der Waals surface area contributed by atoms with Crippen LogP contribution in [0.4, 0.5) is 0 Å². The highest BCUT2D eigenvalue weighted by Gasteiger charge is 2.22. The van der Waals surface area contributed by atoms with Gasteiger partial charge in [0.1, 0.15) is 0 Å². The van der Waals surface area contributed by atoms with Gasteiger partial charge in [-0.3, -0.25) is 0 Å². The van der Waals surface area contributed by atoms with Gasteiger partial charge in [-0.1, -0.05) is 0 Å². The normalized spacial score (nSPS) is 11.4. The predicted molar refractivity (Wildman–Crippen MR) is 66.4 cm³/mol. The number of aryl methyl sites for hydroxylation is 1. The fourth-order valence-corrected chi connectivity index (χ4v) is 1.79. The van der Waals surface area contributed by atoms with E-state index in [1.54, 1.807) is 14.2 Å². The Labute approximate surface area is 97.8 Å². The molecule has 0 aliphatic heterocycles. The molecule has 0 aromatic heterocycles. The maximum absolute atomic E-state index is 5.32. The van der Waals surface area contributed by atoms with Crippen molar-refractivity contribution in [3.05, 3.63) is 23.3 Å². The summed E-state index contributed by atoms with van der Waals surface area (Å²) in [6.07, 6.45) is 0. The molecule has 0 aliphatic rings. The lowest BCUT2D eigenvalue weighted by atomic mass is 9.90. The van der Waals surface area contributed by atoms with Crippen LogP contribution in [0.1, 0.15) is 25.0 Å². The summed E-state index contributed by atoms with van der Waals surface area (Å²) >= 11 is 0. The Morgan fingerprint density at radius 2 is 1.56 bits per heavy atom. The monoisotopic (exact) mass is 223 g/mol. The quantitative estimate of drug-likeness (QED) is 0.850. The fourth-order valence-electron chi connectivity index (χ4n) is 1.79. The lowest BCUT2D eigenvalue weighted by molar-refractivity contribution is 0.351. The molecule has 0 radical (unpaired) electrons. The first-order valence-corrected chi connectivity index (χ1v) is 5.38. The van der Waals surface area contributed by atoms with Crippen molar-refractivity contribution < 1.29 is 9.47 Å². The smallest absolute Gasteiger partial charge is 0.161 e. The highest BCUT2D eigenvalue weighted by molar-refractivity contribution is 5.49. The molecule has 3 nitrogen and oxygen atoms in total. The molecule has 0 unspecified atom stereocenters. The van der Waals surface area contributed by atoms with Gasteiger partial charge in [0.25, 0.3) is 0 Å². The average Bonchev–Trinajstić information content (AvgIpc) is 2.28. The van der Waals surface area contributed by atoms with Gasteiger partial charge in [-0.05, 0) is 51.1 Å². The Bertz CT molecular complexity index is 372. The zero-order valence-electron chi connectivity index (χ0n) is 11.0. The van der Waals surface area contributed by atoms with Crippen LogP contribution in [0.15, 0.2) is 12.1 Å². The van der Waals surface area contributed by atoms with Gasteiger partial charge in [0.05, 0.1) is 14.2 Å². The summed E-state index contributed by atoms with van der Waals surface area (Å²) in [5.74, 6) is 1.54. The van der Waals surface area contributed by atoms with E-state index in [4.69, 9.17) is 9.47 Å². The van der Waals surface area contributed by atoms with E-state index in [-0.39, 0.29) is 5.54 Å². The number of hydrogen-bond acceptors (Lipinski definition) is 3. The number of benzene rings is 1. The lowest BCUT2D eigenvalue weighted by Gasteiger charge is -2.27. The van der Waals surface area contributed by atoms with Crippen LogP contribution in [0.3, 0.4) is 0 Å². The number of hydrogen-bond donors (Lipinski definition) is 1. The molecule has 0 saturated carbocycles. The second-order valence-corrected chi connectivity index (χ2v) is 4.40. The fraction of sp³-hybridized carbons (Fsp3) is 0.538. The third-order valence-electron chi connectivity index (χ3n) is 3.03. The molecule has 0 heterocycles. The Kier molecular flexibility index (Phi) is 3.81. The molecule has 1 N–H and O–H groups in total. The first kappa shape index (κ1) is 12.8. The molecule has 0 amide bonds. The van der Waals surface area contributed by atoms with Crippen molar-refractivity contribution in [1.82, 2.24) is 5.32 Å². The van der Waals surface area contributed by atoms with Crippen molar-refractivity contribution in [3.8, 4) is 11.5 Å². The third kappa shape index (κ3) is 2.30. The van der Waals surface area contributed by atoms with Gasteiger partial charge in [0.2, 0.25) is 0 Å². The summed E-state index contributed by atoms with van der Waals surface area (Å²) in [4.78, 5) is 0. The Hall–Kier alpha value is -1.22. The zero-order chi connectivity index (χ0) is 12.3. The highest BCUT2D eigenvalue weighted by Crippen LogP contribution is 2.34. The van der Waals surface area contributed by atoms with E-state index < -0.39 is 0 Å². The summed E-state index contributed by atoms with van der Waals surface area (Å²) in [6.45, 7) is 6.36. The van der Waals surface area contributed by atoms with E-state index in [1.165, 1.54) is 11.1 Å². The summed E-state index contributed by atoms with van der Waals surface area (Å²) in [5, 5.41) is 3.29. The van der Waals surface area contributed by atoms with E-state index in [9.17, 15) is 0 Å². The zero-order valence-corrected chi connectivity index (χ0v) is 11.0. The second-order valence-electron chi connectivity index (χ2n) is 4.40. The topological polar surface area (TPSA) is 30.5 Å². The second kappa shape index (κ2) is 4.74. The largest absolute Gasteiger partial charge is 0.493 e. The van der Waals surface area contributed by atoms with Crippen LogP contribution in [0.2, 0.25) is 0 Å². The molecule has 0 bridgehead atoms. The molecule has 0 fully saturated rings. The van der Waals surface area contributed by atoms with E-state index in [0.717, 1.165) is 11.5 Å². The summed E-state index contributed by atoms with van der Waals surface area (Å²) in [5.41, 5.74) is 2.33. The van der Waals surface area contributed by atoms with Crippen LogP contribution >= 0.6 is 0 Å². The number of nitrogens with one attached hydrogen (secondary N) is 1. The number of rotatable bonds is 4. The minimum atomic E-state index is -0.0797. The number of ether oxygens (including phenoxy) is 2. The average molecular weight is 223 g/mol. The molecule has 0 saturated heterocycles. The molecule has 3 heteroatoms. The molecule has 0 spiro atoms. The standard InChI is InChI=1S/C13H21NO2/c1-9-7-11(15-5)12(16-6)8-10(9)13(2,3)14-4/h7-8,14H,1-6H3. The molecule has 90 valence electrons. The molecule has 1 aromatic carbocycles. The van der Waals surface area contributed by atoms with Crippen LogP contribution in [0, 0.1) is 6.92 Å². The van der Waals surface area contributed by atoms with Crippen molar-refractivity contribution in [2.75, 3.05) is 21.3 Å². The van der Waals surface area contributed by atoms with Gasteiger partial charge in [-0.15, -0.1) is 0 Å². The molecule has 1 rings (SSSR count). The Morgan fingerprint density at radius 1 is 1.06 bits per heavy atom. The minimum Gasteiger partial charge on any atom is -0.493 e. The molecular weight excluding hydrogens is 202 g/mol. The van der Waals surface area contributed by atoms with Gasteiger partial charge in [-0.25, -0.2) is 0 Å². The van der Waals surface area contributed by atoms with Crippen molar-refractivity contribution in [1.29, 1.82) is 0 Å². The van der Waals surface area contributed by atoms with Crippen molar-refractivity contribution in [2.45, 2.75) is 26.3 Å². The molecule has 0 aliphatic carbocycles. The predicted octanol–water partition coefficient (Wildman–Crippen LogP) is 2.47. The van der Waals surface area contributed by atoms with Crippen molar-refractivity contribution >= 4 is 0 Å². The first-order valence-electron chi connectivity index (χ1n) is 5.38. The summed E-state index contributed by atoms with van der Waals surface area (Å²) in [6, 6.07) is 4.04.